The highest BCUT2D eigenvalue weighted by molar-refractivity contribution is 7.89. The Hall–Kier alpha value is -2.66. The molecule has 1 unspecified atom stereocenters. The molecular weight excluding hydrogens is 446 g/mol. The van der Waals surface area contributed by atoms with Gasteiger partial charge in [-0.2, -0.15) is 4.72 Å². The number of nitrogens with zero attached hydrogens (tertiary/aromatic N) is 3. The molecule has 11 heteroatoms. The maximum atomic E-state index is 13.1. The van der Waals surface area contributed by atoms with Crippen molar-refractivity contribution in [2.45, 2.75) is 70.0 Å². The maximum Gasteiger partial charge on any atom is 0.241 e. The number of nitrogens with one attached hydrogen (secondary N) is 2. The molecule has 2 N–H and O–H groups in total. The Morgan fingerprint density at radius 3 is 2.67 bits per heavy atom. The summed E-state index contributed by atoms with van der Waals surface area (Å²) in [5.41, 5.74) is 0. The topological polar surface area (TPSA) is 124 Å². The van der Waals surface area contributed by atoms with Crippen LogP contribution in [0.1, 0.15) is 51.2 Å². The second-order valence-corrected chi connectivity index (χ2v) is 10.4. The lowest BCUT2D eigenvalue weighted by Crippen LogP contribution is -2.49. The summed E-state index contributed by atoms with van der Waals surface area (Å²) in [6.07, 6.45) is 4.88. The number of fused-ring (bicyclic) bond motifs is 2. The van der Waals surface area contributed by atoms with Gasteiger partial charge in [-0.15, -0.1) is 10.2 Å². The molecule has 0 radical (unpaired) electrons. The van der Waals surface area contributed by atoms with Crippen molar-refractivity contribution in [2.24, 2.45) is 5.92 Å². The molecule has 2 aliphatic rings. The number of hydrogen-bond acceptors (Lipinski definition) is 7. The summed E-state index contributed by atoms with van der Waals surface area (Å²) in [4.78, 5) is 13.0. The average molecular weight is 478 g/mol. The molecule has 1 atom stereocenters. The molecule has 0 saturated carbocycles. The number of hydrogen-bond donors (Lipinski definition) is 2. The lowest BCUT2D eigenvalue weighted by Gasteiger charge is -2.22. The highest BCUT2D eigenvalue weighted by Crippen LogP contribution is 2.32. The van der Waals surface area contributed by atoms with E-state index in [-0.39, 0.29) is 17.4 Å². The number of aromatic nitrogens is 3. The monoisotopic (exact) mass is 477 g/mol. The molecule has 1 aromatic carbocycles. The molecule has 1 amide bonds. The van der Waals surface area contributed by atoms with Gasteiger partial charge in [0.1, 0.15) is 11.9 Å². The Morgan fingerprint density at radius 2 is 1.88 bits per heavy atom. The van der Waals surface area contributed by atoms with Crippen LogP contribution in [0, 0.1) is 5.92 Å². The number of carbonyl (C=O) groups is 1. The quantitative estimate of drug-likeness (QED) is 0.623. The summed E-state index contributed by atoms with van der Waals surface area (Å²) in [6, 6.07) is 3.52. The van der Waals surface area contributed by atoms with Crippen molar-refractivity contribution in [1.29, 1.82) is 0 Å². The summed E-state index contributed by atoms with van der Waals surface area (Å²) in [7, 11) is -3.97. The predicted molar refractivity (Wildman–Crippen MR) is 120 cm³/mol. The molecule has 2 aliphatic heterocycles. The number of sulfonamides is 1. The lowest BCUT2D eigenvalue weighted by atomic mass is 10.1. The third kappa shape index (κ3) is 5.47. The highest BCUT2D eigenvalue weighted by Gasteiger charge is 2.29. The smallest absolute Gasteiger partial charge is 0.241 e. The molecule has 0 saturated heterocycles. The van der Waals surface area contributed by atoms with E-state index in [1.807, 2.05) is 0 Å². The average Bonchev–Trinajstić information content (AvgIpc) is 2.96. The summed E-state index contributed by atoms with van der Waals surface area (Å²) in [6.45, 7) is 5.59. The molecule has 0 spiro atoms. The second kappa shape index (κ2) is 10.1. The molecule has 180 valence electrons. The van der Waals surface area contributed by atoms with E-state index in [1.54, 1.807) is 19.9 Å². The summed E-state index contributed by atoms with van der Waals surface area (Å²) < 4.78 is 41.9. The fourth-order valence-electron chi connectivity index (χ4n) is 3.99. The maximum absolute atomic E-state index is 13.1. The van der Waals surface area contributed by atoms with E-state index in [0.29, 0.717) is 30.5 Å². The van der Waals surface area contributed by atoms with Gasteiger partial charge in [0, 0.05) is 25.5 Å². The van der Waals surface area contributed by atoms with Crippen LogP contribution in [0.2, 0.25) is 0 Å². The zero-order valence-corrected chi connectivity index (χ0v) is 19.9. The fraction of sp³-hybridized carbons (Fsp3) is 0.591. The van der Waals surface area contributed by atoms with E-state index >= 15 is 0 Å². The number of aryl methyl sites for hydroxylation is 1. The van der Waals surface area contributed by atoms with Gasteiger partial charge >= 0.3 is 0 Å². The molecule has 0 fully saturated rings. The van der Waals surface area contributed by atoms with Crippen LogP contribution in [0.25, 0.3) is 0 Å². The van der Waals surface area contributed by atoms with Gasteiger partial charge < -0.3 is 19.4 Å². The highest BCUT2D eigenvalue weighted by atomic mass is 32.2. The van der Waals surface area contributed by atoms with Crippen LogP contribution in [-0.2, 0) is 34.3 Å². The van der Waals surface area contributed by atoms with Gasteiger partial charge in [0.15, 0.2) is 17.3 Å². The molecule has 3 heterocycles. The van der Waals surface area contributed by atoms with Crippen molar-refractivity contribution >= 4 is 15.9 Å². The molecule has 1 aromatic heterocycles. The van der Waals surface area contributed by atoms with Crippen LogP contribution in [0.3, 0.4) is 0 Å². The SMILES string of the molecule is CC(C)C(NS(=O)(=O)c1ccc2c(c1)OCCCO2)C(=O)NCc1nnc2n1CCCCC2. The lowest BCUT2D eigenvalue weighted by molar-refractivity contribution is -0.123. The van der Waals surface area contributed by atoms with Gasteiger partial charge in [0.2, 0.25) is 15.9 Å². The molecule has 0 bridgehead atoms. The fourth-order valence-corrected chi connectivity index (χ4v) is 5.35. The Labute approximate surface area is 194 Å². The molecule has 10 nitrogen and oxygen atoms in total. The molecular formula is C22H31N5O5S. The predicted octanol–water partition coefficient (Wildman–Crippen LogP) is 1.79. The summed E-state index contributed by atoms with van der Waals surface area (Å²) in [5, 5.41) is 11.3. The summed E-state index contributed by atoms with van der Waals surface area (Å²) >= 11 is 0. The van der Waals surface area contributed by atoms with Crippen molar-refractivity contribution in [1.82, 2.24) is 24.8 Å². The van der Waals surface area contributed by atoms with Crippen molar-refractivity contribution in [3.63, 3.8) is 0 Å². The molecule has 4 rings (SSSR count). The van der Waals surface area contributed by atoms with Crippen LogP contribution in [0.4, 0.5) is 0 Å². The Kier molecular flexibility index (Phi) is 7.18. The largest absolute Gasteiger partial charge is 0.490 e. The first-order valence-electron chi connectivity index (χ1n) is 11.5. The van der Waals surface area contributed by atoms with Crippen molar-refractivity contribution in [3.8, 4) is 11.5 Å². The van der Waals surface area contributed by atoms with Gasteiger partial charge in [-0.3, -0.25) is 4.79 Å². The van der Waals surface area contributed by atoms with Crippen LogP contribution >= 0.6 is 0 Å². The minimum Gasteiger partial charge on any atom is -0.490 e. The Balaban J connectivity index is 1.45. The number of benzene rings is 1. The van der Waals surface area contributed by atoms with Crippen molar-refractivity contribution < 1.29 is 22.7 Å². The zero-order valence-electron chi connectivity index (χ0n) is 19.0. The van der Waals surface area contributed by atoms with E-state index in [2.05, 4.69) is 24.8 Å². The molecule has 2 aromatic rings. The van der Waals surface area contributed by atoms with Crippen LogP contribution in [-0.4, -0.2) is 48.3 Å². The van der Waals surface area contributed by atoms with Gasteiger partial charge in [-0.25, -0.2) is 8.42 Å². The van der Waals surface area contributed by atoms with Gasteiger partial charge in [0.05, 0.1) is 24.7 Å². The van der Waals surface area contributed by atoms with Crippen molar-refractivity contribution in [2.75, 3.05) is 13.2 Å². The first-order valence-corrected chi connectivity index (χ1v) is 12.9. The van der Waals surface area contributed by atoms with E-state index in [4.69, 9.17) is 9.47 Å². The van der Waals surface area contributed by atoms with Crippen molar-refractivity contribution in [3.05, 3.63) is 29.8 Å². The van der Waals surface area contributed by atoms with Crippen LogP contribution in [0.5, 0.6) is 11.5 Å². The van der Waals surface area contributed by atoms with Gasteiger partial charge in [-0.05, 0) is 30.9 Å². The number of carbonyl (C=O) groups excluding carboxylic acids is 1. The Bertz CT molecular complexity index is 1100. The minimum atomic E-state index is -3.97. The van der Waals surface area contributed by atoms with Crippen LogP contribution < -0.4 is 19.5 Å². The third-order valence-electron chi connectivity index (χ3n) is 5.87. The Morgan fingerprint density at radius 1 is 1.09 bits per heavy atom. The van der Waals surface area contributed by atoms with E-state index in [1.165, 1.54) is 12.1 Å². The third-order valence-corrected chi connectivity index (χ3v) is 7.31. The van der Waals surface area contributed by atoms with E-state index in [0.717, 1.165) is 44.5 Å². The zero-order chi connectivity index (χ0) is 23.4. The minimum absolute atomic E-state index is 0.0213. The number of ether oxygens (including phenoxy) is 2. The van der Waals surface area contributed by atoms with E-state index in [9.17, 15) is 13.2 Å². The van der Waals surface area contributed by atoms with Gasteiger partial charge in [-0.1, -0.05) is 20.3 Å². The van der Waals surface area contributed by atoms with Crippen LogP contribution in [0.15, 0.2) is 23.1 Å². The first-order chi connectivity index (χ1) is 15.8. The first kappa shape index (κ1) is 23.5. The van der Waals surface area contributed by atoms with Gasteiger partial charge in [0.25, 0.3) is 0 Å². The number of amides is 1. The summed E-state index contributed by atoms with van der Waals surface area (Å²) in [5.74, 6) is 1.84. The standard InChI is InChI=1S/C22H31N5O5S/c1-15(2)21(22(28)23-14-20-25-24-19-7-4-3-5-10-27(19)20)26-33(29,30)16-8-9-17-18(13-16)32-12-6-11-31-17/h8-9,13,15,21,26H,3-7,10-12,14H2,1-2H3,(H,23,28). The normalized spacial score (nSPS) is 17.1. The molecule has 33 heavy (non-hydrogen) atoms. The van der Waals surface area contributed by atoms with E-state index < -0.39 is 22.0 Å². The second-order valence-electron chi connectivity index (χ2n) is 8.71. The molecule has 0 aliphatic carbocycles. The number of rotatable bonds is 7.